The molecule has 5 heteroatoms. The number of nitrogens with zero attached hydrogens (tertiary/aromatic N) is 1. The molecule has 0 amide bonds. The van der Waals surface area contributed by atoms with Gasteiger partial charge in [0, 0.05) is 31.0 Å². The molecule has 1 aliphatic rings. The molecule has 1 unspecified atom stereocenters. The van der Waals surface area contributed by atoms with E-state index in [1.165, 1.54) is 11.1 Å². The highest BCUT2D eigenvalue weighted by Crippen LogP contribution is 2.31. The van der Waals surface area contributed by atoms with Crippen molar-refractivity contribution in [2.24, 2.45) is 4.99 Å². The molecule has 1 heterocycles. The number of hydrogen-bond donors (Lipinski definition) is 2. The molecule has 0 aliphatic carbocycles. The number of methoxy groups -OCH3 is 1. The molecule has 144 valence electrons. The van der Waals surface area contributed by atoms with Crippen LogP contribution in [0.15, 0.2) is 53.5 Å². The van der Waals surface area contributed by atoms with Crippen LogP contribution in [0.2, 0.25) is 0 Å². The smallest absolute Gasteiger partial charge is 0.191 e. The van der Waals surface area contributed by atoms with E-state index in [4.69, 9.17) is 9.47 Å². The van der Waals surface area contributed by atoms with E-state index in [0.717, 1.165) is 30.4 Å². The highest BCUT2D eigenvalue weighted by molar-refractivity contribution is 5.80. The number of aliphatic imine (C=N–C) groups is 1. The fraction of sp³-hybridized carbons (Fsp3) is 0.409. The van der Waals surface area contributed by atoms with Gasteiger partial charge in [-0.1, -0.05) is 44.2 Å². The summed E-state index contributed by atoms with van der Waals surface area (Å²) in [4.78, 5) is 4.41. The average Bonchev–Trinajstić information content (AvgIpc) is 2.71. The van der Waals surface area contributed by atoms with Crippen molar-refractivity contribution in [2.75, 3.05) is 27.3 Å². The third-order valence-corrected chi connectivity index (χ3v) is 5.04. The Kier molecular flexibility index (Phi) is 5.89. The number of rotatable bonds is 5. The lowest BCUT2D eigenvalue weighted by molar-refractivity contribution is 0.261. The Labute approximate surface area is 161 Å². The maximum atomic E-state index is 5.75. The van der Waals surface area contributed by atoms with Crippen LogP contribution in [0.4, 0.5) is 0 Å². The minimum atomic E-state index is -0.0697. The second-order valence-corrected chi connectivity index (χ2v) is 7.41. The predicted molar refractivity (Wildman–Crippen MR) is 110 cm³/mol. The number of guanidine groups is 1. The molecule has 2 N–H and O–H groups in total. The molecule has 5 nitrogen and oxygen atoms in total. The van der Waals surface area contributed by atoms with Crippen LogP contribution in [0.3, 0.4) is 0 Å². The zero-order chi connectivity index (χ0) is 19.3. The van der Waals surface area contributed by atoms with Gasteiger partial charge in [-0.3, -0.25) is 4.99 Å². The van der Waals surface area contributed by atoms with Crippen molar-refractivity contribution in [3.8, 4) is 11.5 Å². The van der Waals surface area contributed by atoms with Crippen LogP contribution in [-0.4, -0.2) is 33.3 Å². The van der Waals surface area contributed by atoms with E-state index in [1.54, 1.807) is 14.2 Å². The summed E-state index contributed by atoms with van der Waals surface area (Å²) >= 11 is 0. The van der Waals surface area contributed by atoms with Crippen molar-refractivity contribution >= 4 is 5.96 Å². The topological polar surface area (TPSA) is 54.9 Å². The summed E-state index contributed by atoms with van der Waals surface area (Å²) in [6.07, 6.45) is 0.914. The lowest BCUT2D eigenvalue weighted by Crippen LogP contribution is -2.45. The maximum Gasteiger partial charge on any atom is 0.191 e. The number of nitrogens with one attached hydrogen (secondary N) is 2. The van der Waals surface area contributed by atoms with Gasteiger partial charge in [-0.05, 0) is 23.8 Å². The third kappa shape index (κ3) is 4.54. The number of benzene rings is 2. The monoisotopic (exact) mass is 367 g/mol. The van der Waals surface area contributed by atoms with Crippen LogP contribution in [0.5, 0.6) is 11.5 Å². The molecule has 1 atom stereocenters. The van der Waals surface area contributed by atoms with E-state index in [1.807, 2.05) is 30.3 Å². The first-order valence-electron chi connectivity index (χ1n) is 9.37. The quantitative estimate of drug-likeness (QED) is 0.625. The van der Waals surface area contributed by atoms with Crippen molar-refractivity contribution < 1.29 is 9.47 Å². The number of fused-ring (bicyclic) bond motifs is 1. The van der Waals surface area contributed by atoms with Crippen LogP contribution in [-0.2, 0) is 5.41 Å². The van der Waals surface area contributed by atoms with Gasteiger partial charge in [0.25, 0.3) is 0 Å². The molecule has 2 aromatic carbocycles. The summed E-state index contributed by atoms with van der Waals surface area (Å²) in [5.74, 6) is 2.63. The van der Waals surface area contributed by atoms with Gasteiger partial charge >= 0.3 is 0 Å². The minimum absolute atomic E-state index is 0.0697. The summed E-state index contributed by atoms with van der Waals surface area (Å²) in [6.45, 7) is 5.89. The zero-order valence-corrected chi connectivity index (χ0v) is 16.6. The SMILES string of the molecule is CN=C(NCC(C)(C)c1cccc(OC)c1)NC1CCOc2ccccc21. The van der Waals surface area contributed by atoms with Gasteiger partial charge in [0.1, 0.15) is 11.5 Å². The Morgan fingerprint density at radius 3 is 2.81 bits per heavy atom. The van der Waals surface area contributed by atoms with Crippen molar-refractivity contribution in [1.82, 2.24) is 10.6 Å². The average molecular weight is 367 g/mol. The Morgan fingerprint density at radius 1 is 1.22 bits per heavy atom. The summed E-state index contributed by atoms with van der Waals surface area (Å²) < 4.78 is 11.1. The molecule has 0 saturated carbocycles. The first-order chi connectivity index (χ1) is 13.0. The first kappa shape index (κ1) is 19.1. The van der Waals surface area contributed by atoms with Crippen molar-refractivity contribution in [2.45, 2.75) is 31.7 Å². The standard InChI is InChI=1S/C22H29N3O2/c1-22(2,16-8-7-9-17(14-16)26-4)15-24-21(23-3)25-19-12-13-27-20-11-6-5-10-18(19)20/h5-11,14,19H,12-13,15H2,1-4H3,(H2,23,24,25). The van der Waals surface area contributed by atoms with E-state index in [2.05, 4.69) is 47.7 Å². The van der Waals surface area contributed by atoms with Crippen molar-refractivity contribution in [3.05, 3.63) is 59.7 Å². The molecule has 0 spiro atoms. The summed E-state index contributed by atoms with van der Waals surface area (Å²) in [5, 5.41) is 7.02. The maximum absolute atomic E-state index is 5.75. The van der Waals surface area contributed by atoms with Gasteiger partial charge in [0.2, 0.25) is 0 Å². The van der Waals surface area contributed by atoms with Crippen LogP contribution in [0.25, 0.3) is 0 Å². The fourth-order valence-corrected chi connectivity index (χ4v) is 3.30. The van der Waals surface area contributed by atoms with Crippen molar-refractivity contribution in [3.63, 3.8) is 0 Å². The van der Waals surface area contributed by atoms with Gasteiger partial charge < -0.3 is 20.1 Å². The first-order valence-corrected chi connectivity index (χ1v) is 9.37. The lowest BCUT2D eigenvalue weighted by atomic mass is 9.84. The molecular weight excluding hydrogens is 338 g/mol. The molecule has 0 radical (unpaired) electrons. The summed E-state index contributed by atoms with van der Waals surface area (Å²) in [7, 11) is 3.50. The van der Waals surface area contributed by atoms with E-state index in [0.29, 0.717) is 6.61 Å². The van der Waals surface area contributed by atoms with E-state index >= 15 is 0 Å². The van der Waals surface area contributed by atoms with Gasteiger partial charge in [0.15, 0.2) is 5.96 Å². The fourth-order valence-electron chi connectivity index (χ4n) is 3.30. The van der Waals surface area contributed by atoms with E-state index in [-0.39, 0.29) is 11.5 Å². The Morgan fingerprint density at radius 2 is 2.04 bits per heavy atom. The van der Waals surface area contributed by atoms with E-state index in [9.17, 15) is 0 Å². The van der Waals surface area contributed by atoms with Gasteiger partial charge in [-0.25, -0.2) is 0 Å². The summed E-state index contributed by atoms with van der Waals surface area (Å²) in [6, 6.07) is 16.6. The van der Waals surface area contributed by atoms with Crippen LogP contribution >= 0.6 is 0 Å². The van der Waals surface area contributed by atoms with Crippen LogP contribution < -0.4 is 20.1 Å². The van der Waals surface area contributed by atoms with Crippen LogP contribution in [0, 0.1) is 0 Å². The molecule has 0 fully saturated rings. The highest BCUT2D eigenvalue weighted by atomic mass is 16.5. The van der Waals surface area contributed by atoms with Gasteiger partial charge in [0.05, 0.1) is 19.8 Å². The molecule has 0 saturated heterocycles. The molecule has 0 bridgehead atoms. The Hall–Kier alpha value is -2.69. The number of hydrogen-bond acceptors (Lipinski definition) is 3. The van der Waals surface area contributed by atoms with E-state index < -0.39 is 0 Å². The van der Waals surface area contributed by atoms with Crippen LogP contribution in [0.1, 0.15) is 37.4 Å². The highest BCUT2D eigenvalue weighted by Gasteiger charge is 2.24. The number of ether oxygens (including phenoxy) is 2. The zero-order valence-electron chi connectivity index (χ0n) is 16.6. The molecule has 0 aromatic heterocycles. The molecule has 3 rings (SSSR count). The Bertz CT molecular complexity index is 802. The molecular formula is C22H29N3O2. The predicted octanol–water partition coefficient (Wildman–Crippen LogP) is 3.66. The largest absolute Gasteiger partial charge is 0.497 e. The molecule has 27 heavy (non-hydrogen) atoms. The molecule has 1 aliphatic heterocycles. The normalized spacial score (nSPS) is 16.9. The number of para-hydroxylation sites is 1. The lowest BCUT2D eigenvalue weighted by Gasteiger charge is -2.30. The minimum Gasteiger partial charge on any atom is -0.497 e. The third-order valence-electron chi connectivity index (χ3n) is 5.04. The van der Waals surface area contributed by atoms with Gasteiger partial charge in [-0.15, -0.1) is 0 Å². The van der Waals surface area contributed by atoms with Crippen molar-refractivity contribution in [1.29, 1.82) is 0 Å². The second-order valence-electron chi connectivity index (χ2n) is 7.41. The molecule has 2 aromatic rings. The van der Waals surface area contributed by atoms with Gasteiger partial charge in [-0.2, -0.15) is 0 Å². The summed E-state index contributed by atoms with van der Waals surface area (Å²) in [5.41, 5.74) is 2.33. The Balaban J connectivity index is 1.66. The second kappa shape index (κ2) is 8.33.